The van der Waals surface area contributed by atoms with Crippen LogP contribution in [0.2, 0.25) is 0 Å². The van der Waals surface area contributed by atoms with Crippen LogP contribution in [0.3, 0.4) is 0 Å². The van der Waals surface area contributed by atoms with Gasteiger partial charge in [0.05, 0.1) is 6.61 Å². The maximum Gasteiger partial charge on any atom is 0.150 e. The van der Waals surface area contributed by atoms with Crippen molar-refractivity contribution in [2.45, 2.75) is 65.2 Å². The van der Waals surface area contributed by atoms with Gasteiger partial charge in [-0.2, -0.15) is 0 Å². The molecule has 0 unspecified atom stereocenters. The number of hydrogen-bond acceptors (Lipinski definition) is 3. The lowest BCUT2D eigenvalue weighted by molar-refractivity contribution is 0.112. The van der Waals surface area contributed by atoms with Gasteiger partial charge in [-0.3, -0.25) is 4.79 Å². The molecule has 0 aliphatic heterocycles. The number of phenolic OH excluding ortho intramolecular Hbond substituents is 1. The van der Waals surface area contributed by atoms with Crippen LogP contribution >= 0.6 is 0 Å². The van der Waals surface area contributed by atoms with Gasteiger partial charge in [0.2, 0.25) is 0 Å². The molecule has 0 aliphatic rings. The summed E-state index contributed by atoms with van der Waals surface area (Å²) in [6.07, 6.45) is 2.59. The molecule has 0 saturated carbocycles. The summed E-state index contributed by atoms with van der Waals surface area (Å²) in [7, 11) is 0. The number of rotatable bonds is 6. The Balaban J connectivity index is 1.75. The number of aldehydes is 1. The molecule has 31 heavy (non-hydrogen) atoms. The maximum atomic E-state index is 11.5. The van der Waals surface area contributed by atoms with Crippen LogP contribution in [-0.4, -0.2) is 18.0 Å². The predicted octanol–water partition coefficient (Wildman–Crippen LogP) is 6.96. The van der Waals surface area contributed by atoms with Crippen LogP contribution in [0.1, 0.15) is 75.0 Å². The summed E-state index contributed by atoms with van der Waals surface area (Å²) in [4.78, 5) is 11.5. The first-order chi connectivity index (χ1) is 14.5. The zero-order chi connectivity index (χ0) is 22.8. The first-order valence-corrected chi connectivity index (χ1v) is 11.0. The van der Waals surface area contributed by atoms with Gasteiger partial charge in [0.25, 0.3) is 0 Å². The first kappa shape index (κ1) is 22.9. The normalized spacial score (nSPS) is 12.2. The topological polar surface area (TPSA) is 46.5 Å². The fourth-order valence-electron chi connectivity index (χ4n) is 3.94. The molecular formula is C28H34O3. The maximum absolute atomic E-state index is 11.5. The van der Waals surface area contributed by atoms with Crippen molar-refractivity contribution >= 4 is 17.1 Å². The predicted molar refractivity (Wildman–Crippen MR) is 129 cm³/mol. The van der Waals surface area contributed by atoms with Crippen molar-refractivity contribution in [3.05, 3.63) is 70.8 Å². The van der Waals surface area contributed by atoms with Crippen LogP contribution in [-0.2, 0) is 17.3 Å². The number of fused-ring (bicyclic) bond motifs is 1. The van der Waals surface area contributed by atoms with Crippen LogP contribution in [0.4, 0.5) is 0 Å². The lowest BCUT2D eigenvalue weighted by Crippen LogP contribution is -2.18. The van der Waals surface area contributed by atoms with Crippen LogP contribution in [0.25, 0.3) is 10.8 Å². The van der Waals surface area contributed by atoms with Gasteiger partial charge in [-0.25, -0.2) is 0 Å². The van der Waals surface area contributed by atoms with E-state index in [1.807, 2.05) is 36.4 Å². The summed E-state index contributed by atoms with van der Waals surface area (Å²) in [6.45, 7) is 13.3. The summed E-state index contributed by atoms with van der Waals surface area (Å²) < 4.78 is 5.99. The number of carbonyl (C=O) groups excluding carboxylic acids is 1. The minimum absolute atomic E-state index is 0.132. The summed E-state index contributed by atoms with van der Waals surface area (Å²) in [5.41, 5.74) is 3.57. The smallest absolute Gasteiger partial charge is 0.150 e. The van der Waals surface area contributed by atoms with Crippen molar-refractivity contribution in [3.63, 3.8) is 0 Å². The Kier molecular flexibility index (Phi) is 6.45. The standard InChI is InChI=1S/C28H34O3/c1-27(2,3)24-14-19(15-25(26(24)30)28(4,5)6)10-9-13-31-22-16-20-11-7-8-12-23(20)21(17-22)18-29/h7-8,11-12,14-18,30H,9-10,13H2,1-6H3. The summed E-state index contributed by atoms with van der Waals surface area (Å²) in [6, 6.07) is 15.9. The molecule has 3 aromatic carbocycles. The van der Waals surface area contributed by atoms with Crippen LogP contribution in [0.15, 0.2) is 48.5 Å². The fourth-order valence-corrected chi connectivity index (χ4v) is 3.94. The summed E-state index contributed by atoms with van der Waals surface area (Å²) in [5, 5.41) is 12.8. The van der Waals surface area contributed by atoms with Crippen LogP contribution < -0.4 is 4.74 Å². The van der Waals surface area contributed by atoms with E-state index in [2.05, 4.69) is 53.7 Å². The highest BCUT2D eigenvalue weighted by Crippen LogP contribution is 2.40. The quantitative estimate of drug-likeness (QED) is 0.347. The highest BCUT2D eigenvalue weighted by Gasteiger charge is 2.26. The molecule has 0 aromatic heterocycles. The van der Waals surface area contributed by atoms with Crippen molar-refractivity contribution in [2.75, 3.05) is 6.61 Å². The molecule has 0 atom stereocenters. The van der Waals surface area contributed by atoms with E-state index in [1.54, 1.807) is 0 Å². The van der Waals surface area contributed by atoms with Crippen molar-refractivity contribution in [2.24, 2.45) is 0 Å². The van der Waals surface area contributed by atoms with Crippen molar-refractivity contribution in [3.8, 4) is 11.5 Å². The number of ether oxygens (including phenoxy) is 1. The molecule has 0 saturated heterocycles. The lowest BCUT2D eigenvalue weighted by atomic mass is 9.78. The Bertz CT molecular complexity index is 1050. The third-order valence-electron chi connectivity index (χ3n) is 5.66. The number of aromatic hydroxyl groups is 1. The zero-order valence-corrected chi connectivity index (χ0v) is 19.6. The Labute approximate surface area is 186 Å². The molecule has 164 valence electrons. The molecule has 0 spiro atoms. The van der Waals surface area contributed by atoms with Gasteiger partial charge < -0.3 is 9.84 Å². The number of hydrogen-bond donors (Lipinski definition) is 1. The Morgan fingerprint density at radius 2 is 1.52 bits per heavy atom. The van der Waals surface area contributed by atoms with Gasteiger partial charge in [-0.1, -0.05) is 77.9 Å². The van der Waals surface area contributed by atoms with Gasteiger partial charge in [0, 0.05) is 5.56 Å². The molecule has 0 heterocycles. The van der Waals surface area contributed by atoms with Crippen LogP contribution in [0, 0.1) is 0 Å². The van der Waals surface area contributed by atoms with E-state index in [-0.39, 0.29) is 10.8 Å². The van der Waals surface area contributed by atoms with Crippen molar-refractivity contribution in [1.29, 1.82) is 0 Å². The minimum atomic E-state index is -0.132. The Morgan fingerprint density at radius 1 is 0.903 bits per heavy atom. The van der Waals surface area contributed by atoms with Gasteiger partial charge in [0.15, 0.2) is 6.29 Å². The van der Waals surface area contributed by atoms with E-state index in [0.29, 0.717) is 17.9 Å². The number of phenols is 1. The summed E-state index contributed by atoms with van der Waals surface area (Å²) in [5.74, 6) is 1.13. The molecule has 1 N–H and O–H groups in total. The third-order valence-corrected chi connectivity index (χ3v) is 5.66. The molecule has 0 fully saturated rings. The molecule has 3 nitrogen and oxygen atoms in total. The van der Waals surface area contributed by atoms with Gasteiger partial charge in [-0.05, 0) is 63.3 Å². The molecule has 0 amide bonds. The van der Waals surface area contributed by atoms with E-state index in [4.69, 9.17) is 4.74 Å². The largest absolute Gasteiger partial charge is 0.507 e. The summed E-state index contributed by atoms with van der Waals surface area (Å²) >= 11 is 0. The van der Waals surface area contributed by atoms with Crippen LogP contribution in [0.5, 0.6) is 11.5 Å². The number of carbonyl (C=O) groups is 1. The average molecular weight is 419 g/mol. The van der Waals surface area contributed by atoms with Gasteiger partial charge >= 0.3 is 0 Å². The van der Waals surface area contributed by atoms with E-state index in [0.717, 1.165) is 46.8 Å². The average Bonchev–Trinajstić information content (AvgIpc) is 2.69. The van der Waals surface area contributed by atoms with E-state index in [1.165, 1.54) is 5.56 Å². The highest BCUT2D eigenvalue weighted by atomic mass is 16.5. The van der Waals surface area contributed by atoms with Crippen molar-refractivity contribution < 1.29 is 14.6 Å². The molecular weight excluding hydrogens is 384 g/mol. The van der Waals surface area contributed by atoms with Crippen molar-refractivity contribution in [1.82, 2.24) is 0 Å². The molecule has 3 rings (SSSR count). The molecule has 0 bridgehead atoms. The minimum Gasteiger partial charge on any atom is -0.507 e. The second-order valence-electron chi connectivity index (χ2n) is 10.3. The SMILES string of the molecule is CC(C)(C)c1cc(CCCOc2cc(C=O)c3ccccc3c2)cc(C(C)(C)C)c1O. The van der Waals surface area contributed by atoms with E-state index >= 15 is 0 Å². The zero-order valence-electron chi connectivity index (χ0n) is 19.6. The van der Waals surface area contributed by atoms with E-state index < -0.39 is 0 Å². The number of benzene rings is 3. The molecule has 0 radical (unpaired) electrons. The fraction of sp³-hybridized carbons (Fsp3) is 0.393. The highest BCUT2D eigenvalue weighted by molar-refractivity contribution is 5.99. The first-order valence-electron chi connectivity index (χ1n) is 11.0. The second kappa shape index (κ2) is 8.74. The lowest BCUT2D eigenvalue weighted by Gasteiger charge is -2.28. The molecule has 3 heteroatoms. The van der Waals surface area contributed by atoms with E-state index in [9.17, 15) is 9.90 Å². The second-order valence-corrected chi connectivity index (χ2v) is 10.3. The number of aryl methyl sites for hydroxylation is 1. The van der Waals surface area contributed by atoms with Gasteiger partial charge in [0.1, 0.15) is 11.5 Å². The van der Waals surface area contributed by atoms with Gasteiger partial charge in [-0.15, -0.1) is 0 Å². The molecule has 0 aliphatic carbocycles. The Hall–Kier alpha value is -2.81. The Morgan fingerprint density at radius 3 is 2.10 bits per heavy atom. The monoisotopic (exact) mass is 418 g/mol. The third kappa shape index (κ3) is 5.28. The molecule has 3 aromatic rings.